The molecule has 0 aliphatic carbocycles. The highest BCUT2D eigenvalue weighted by Gasteiger charge is 2.09. The van der Waals surface area contributed by atoms with Crippen LogP contribution in [0.1, 0.15) is 0 Å². The molecule has 92 valence electrons. The zero-order valence-corrected chi connectivity index (χ0v) is 10.6. The normalized spacial score (nSPS) is 9.67. The average Bonchev–Trinajstić information content (AvgIpc) is 2.40. The zero-order chi connectivity index (χ0) is 12.8. The Bertz CT molecular complexity index is 473. The third kappa shape index (κ3) is 3.31. The predicted molar refractivity (Wildman–Crippen MR) is 75.0 cm³/mol. The van der Waals surface area contributed by atoms with Crippen molar-refractivity contribution in [2.45, 2.75) is 0 Å². The number of nitrogens with zero attached hydrogens (tertiary/aromatic N) is 2. The number of rotatable bonds is 2. The van der Waals surface area contributed by atoms with Crippen molar-refractivity contribution in [3.63, 3.8) is 0 Å². The first-order valence-corrected chi connectivity index (χ1v) is 5.79. The van der Waals surface area contributed by atoms with Crippen LogP contribution in [0.4, 0.5) is 11.4 Å². The van der Waals surface area contributed by atoms with Crippen molar-refractivity contribution in [2.75, 3.05) is 24.7 Å². The Hall–Kier alpha value is -2.36. The van der Waals surface area contributed by atoms with E-state index >= 15 is 0 Å². The van der Waals surface area contributed by atoms with Crippen molar-refractivity contribution in [1.82, 2.24) is 4.98 Å². The van der Waals surface area contributed by atoms with Gasteiger partial charge in [0.2, 0.25) is 0 Å². The number of nitrogens with one attached hydrogen (secondary N) is 2. The highest BCUT2D eigenvalue weighted by Crippen LogP contribution is 2.07. The molecular formula is C14H17N4+. The van der Waals surface area contributed by atoms with Crippen LogP contribution in [0.15, 0.2) is 54.9 Å². The summed E-state index contributed by atoms with van der Waals surface area (Å²) in [6.45, 7) is 0. The number of aromatic nitrogens is 1. The molecule has 2 N–H and O–H groups in total. The summed E-state index contributed by atoms with van der Waals surface area (Å²) >= 11 is 0. The Kier molecular flexibility index (Phi) is 3.91. The predicted octanol–water partition coefficient (Wildman–Crippen LogP) is 2.23. The molecule has 0 aliphatic rings. The molecule has 1 aromatic heterocycles. The van der Waals surface area contributed by atoms with E-state index in [1.54, 1.807) is 12.4 Å². The first-order valence-electron chi connectivity index (χ1n) is 5.79. The summed E-state index contributed by atoms with van der Waals surface area (Å²) < 4.78 is 1.99. The van der Waals surface area contributed by atoms with Crippen LogP contribution in [-0.4, -0.2) is 29.6 Å². The van der Waals surface area contributed by atoms with Crippen molar-refractivity contribution in [3.8, 4) is 0 Å². The van der Waals surface area contributed by atoms with Crippen LogP contribution >= 0.6 is 0 Å². The third-order valence-electron chi connectivity index (χ3n) is 2.41. The molecule has 1 aromatic carbocycles. The molecule has 0 saturated carbocycles. The first kappa shape index (κ1) is 12.1. The average molecular weight is 241 g/mol. The SMILES string of the molecule is C[N+](C)=C(Nc1ccccc1)Nc1cccnc1. The topological polar surface area (TPSA) is 40.0 Å². The van der Waals surface area contributed by atoms with E-state index in [-0.39, 0.29) is 0 Å². The van der Waals surface area contributed by atoms with E-state index in [0.29, 0.717) is 0 Å². The van der Waals surface area contributed by atoms with Crippen LogP contribution in [0.2, 0.25) is 0 Å². The first-order chi connectivity index (χ1) is 8.75. The Labute approximate surface area is 107 Å². The van der Waals surface area contributed by atoms with Gasteiger partial charge in [-0.2, -0.15) is 0 Å². The van der Waals surface area contributed by atoms with Crippen molar-refractivity contribution in [2.24, 2.45) is 0 Å². The molecule has 0 fully saturated rings. The second kappa shape index (κ2) is 5.82. The molecule has 4 nitrogen and oxygen atoms in total. The van der Waals surface area contributed by atoms with E-state index in [4.69, 9.17) is 0 Å². The molecule has 1 heterocycles. The number of pyridine rings is 1. The number of guanidine groups is 1. The lowest BCUT2D eigenvalue weighted by molar-refractivity contribution is -0.464. The molecule has 2 aromatic rings. The van der Waals surface area contributed by atoms with Gasteiger partial charge in [0.25, 0.3) is 0 Å². The van der Waals surface area contributed by atoms with Gasteiger partial charge in [0.15, 0.2) is 0 Å². The van der Waals surface area contributed by atoms with E-state index < -0.39 is 0 Å². The minimum Gasteiger partial charge on any atom is -0.270 e. The lowest BCUT2D eigenvalue weighted by atomic mass is 10.3. The highest BCUT2D eigenvalue weighted by atomic mass is 15.2. The van der Waals surface area contributed by atoms with E-state index in [1.165, 1.54) is 0 Å². The second-order valence-electron chi connectivity index (χ2n) is 4.10. The number of anilines is 2. The maximum Gasteiger partial charge on any atom is 0.355 e. The van der Waals surface area contributed by atoms with Crippen molar-refractivity contribution in [3.05, 3.63) is 54.9 Å². The van der Waals surface area contributed by atoms with Gasteiger partial charge < -0.3 is 0 Å². The summed E-state index contributed by atoms with van der Waals surface area (Å²) in [5.74, 6) is 0.897. The fourth-order valence-corrected chi connectivity index (χ4v) is 1.49. The van der Waals surface area contributed by atoms with Gasteiger partial charge >= 0.3 is 5.96 Å². The second-order valence-corrected chi connectivity index (χ2v) is 4.10. The smallest absolute Gasteiger partial charge is 0.270 e. The van der Waals surface area contributed by atoms with Gasteiger partial charge in [0.05, 0.1) is 26.0 Å². The number of para-hydroxylation sites is 1. The van der Waals surface area contributed by atoms with Crippen LogP contribution in [-0.2, 0) is 0 Å². The Morgan fingerprint density at radius 2 is 1.61 bits per heavy atom. The Balaban J connectivity index is 2.14. The Morgan fingerprint density at radius 3 is 2.22 bits per heavy atom. The van der Waals surface area contributed by atoms with Crippen LogP contribution in [0.3, 0.4) is 0 Å². The molecule has 4 heteroatoms. The number of hydrogen-bond acceptors (Lipinski definition) is 1. The van der Waals surface area contributed by atoms with Crippen LogP contribution < -0.4 is 10.6 Å². The molecule has 0 radical (unpaired) electrons. The van der Waals surface area contributed by atoms with Gasteiger partial charge in [0, 0.05) is 6.20 Å². The van der Waals surface area contributed by atoms with Crippen LogP contribution in [0.25, 0.3) is 0 Å². The summed E-state index contributed by atoms with van der Waals surface area (Å²) in [7, 11) is 3.96. The largest absolute Gasteiger partial charge is 0.355 e. The van der Waals surface area contributed by atoms with Gasteiger partial charge in [-0.25, -0.2) is 10.6 Å². The monoisotopic (exact) mass is 241 g/mol. The van der Waals surface area contributed by atoms with Gasteiger partial charge in [-0.05, 0) is 24.3 Å². The van der Waals surface area contributed by atoms with Gasteiger partial charge in [-0.15, -0.1) is 0 Å². The molecule has 0 amide bonds. The van der Waals surface area contributed by atoms with E-state index in [1.807, 2.05) is 61.1 Å². The van der Waals surface area contributed by atoms with E-state index in [2.05, 4.69) is 15.6 Å². The van der Waals surface area contributed by atoms with E-state index in [9.17, 15) is 0 Å². The maximum atomic E-state index is 4.08. The van der Waals surface area contributed by atoms with Crippen molar-refractivity contribution < 1.29 is 4.58 Å². The van der Waals surface area contributed by atoms with E-state index in [0.717, 1.165) is 17.3 Å². The quantitative estimate of drug-likeness (QED) is 0.481. The molecule has 0 atom stereocenters. The molecule has 0 aliphatic heterocycles. The van der Waals surface area contributed by atoms with Crippen LogP contribution in [0.5, 0.6) is 0 Å². The third-order valence-corrected chi connectivity index (χ3v) is 2.41. The zero-order valence-electron chi connectivity index (χ0n) is 10.6. The fraction of sp³-hybridized carbons (Fsp3) is 0.143. The lowest BCUT2D eigenvalue weighted by Crippen LogP contribution is -2.30. The highest BCUT2D eigenvalue weighted by molar-refractivity contribution is 6.00. The van der Waals surface area contributed by atoms with Crippen LogP contribution in [0, 0.1) is 0 Å². The molecule has 0 saturated heterocycles. The molecule has 0 unspecified atom stereocenters. The maximum absolute atomic E-state index is 4.08. The molecule has 0 spiro atoms. The summed E-state index contributed by atoms with van der Waals surface area (Å²) in [6, 6.07) is 13.9. The molecule has 2 rings (SSSR count). The van der Waals surface area contributed by atoms with Crippen molar-refractivity contribution in [1.29, 1.82) is 0 Å². The summed E-state index contributed by atoms with van der Waals surface area (Å²) in [5, 5.41) is 6.63. The van der Waals surface area contributed by atoms with Gasteiger partial charge in [-0.3, -0.25) is 9.56 Å². The molecule has 18 heavy (non-hydrogen) atoms. The lowest BCUT2D eigenvalue weighted by Gasteiger charge is -2.07. The number of hydrogen-bond donors (Lipinski definition) is 2. The minimum atomic E-state index is 0.897. The summed E-state index contributed by atoms with van der Waals surface area (Å²) in [4.78, 5) is 4.08. The minimum absolute atomic E-state index is 0.897. The van der Waals surface area contributed by atoms with Crippen molar-refractivity contribution >= 4 is 17.3 Å². The van der Waals surface area contributed by atoms with Gasteiger partial charge in [-0.1, -0.05) is 18.2 Å². The summed E-state index contributed by atoms with van der Waals surface area (Å²) in [6.07, 6.45) is 3.54. The summed E-state index contributed by atoms with van der Waals surface area (Å²) in [5.41, 5.74) is 1.99. The molecule has 0 bridgehead atoms. The fourth-order valence-electron chi connectivity index (χ4n) is 1.49. The Morgan fingerprint density at radius 1 is 0.944 bits per heavy atom. The van der Waals surface area contributed by atoms with Gasteiger partial charge in [0.1, 0.15) is 5.69 Å². The molecular weight excluding hydrogens is 224 g/mol. The number of benzene rings is 1. The standard InChI is InChI=1S/C14H16N4/c1-18(2)14(16-12-7-4-3-5-8-12)17-13-9-6-10-15-11-13/h3-11H,1-2H3,(H,16,17)/p+1.